The number of ether oxygens (including phenoxy) is 6. The van der Waals surface area contributed by atoms with Crippen molar-refractivity contribution in [3.05, 3.63) is 314 Å². The predicted molar refractivity (Wildman–Crippen MR) is 528 cm³/mol. The lowest BCUT2D eigenvalue weighted by Crippen LogP contribution is -2.41. The number of carboxylic acid groups (broad SMARTS) is 1. The van der Waals surface area contributed by atoms with Gasteiger partial charge in [-0.05, 0) is 300 Å². The molecule has 4 aliphatic rings. The first-order valence-corrected chi connectivity index (χ1v) is 44.7. The number of benzene rings is 8. The van der Waals surface area contributed by atoms with Crippen LogP contribution in [-0.4, -0.2) is 176 Å². The molecular weight excluding hydrogens is 1820 g/mol. The molecule has 4 saturated heterocycles. The number of amides is 6. The fourth-order valence-corrected chi connectivity index (χ4v) is 15.2. The molecule has 0 bridgehead atoms. The van der Waals surface area contributed by atoms with E-state index in [-0.39, 0.29) is 83.9 Å². The molecule has 4 aliphatic heterocycles. The number of allylic oxidation sites excluding steroid dienone is 1. The molecule has 6 amide bonds. The van der Waals surface area contributed by atoms with E-state index in [2.05, 4.69) is 50.5 Å². The van der Waals surface area contributed by atoms with Crippen LogP contribution in [0.3, 0.4) is 0 Å². The predicted octanol–water partition coefficient (Wildman–Crippen LogP) is 20.0. The highest BCUT2D eigenvalue weighted by Crippen LogP contribution is 2.38. The number of rotatable bonds is 22. The number of nitrogens with zero attached hydrogens (tertiary/aromatic N) is 11. The van der Waals surface area contributed by atoms with Gasteiger partial charge in [0.15, 0.2) is 22.8 Å². The van der Waals surface area contributed by atoms with Gasteiger partial charge in [-0.25, -0.2) is 33.1 Å². The monoisotopic (exact) mass is 1930 g/mol. The van der Waals surface area contributed by atoms with Crippen LogP contribution < -0.4 is 47.6 Å². The van der Waals surface area contributed by atoms with Crippen molar-refractivity contribution in [2.75, 3.05) is 58.7 Å². The van der Waals surface area contributed by atoms with E-state index in [1.54, 1.807) is 46.9 Å². The Balaban J connectivity index is 0.000000216. The maximum Gasteiger partial charge on any atom is 0.410 e. The minimum atomic E-state index is -1.07. The van der Waals surface area contributed by atoms with Crippen LogP contribution in [0.15, 0.2) is 268 Å². The summed E-state index contributed by atoms with van der Waals surface area (Å²) in [4.78, 5) is 98.3. The normalized spacial score (nSPS) is 13.8. The number of para-hydroxylation sites is 4. The number of aromatic carboxylic acids is 1. The highest BCUT2D eigenvalue weighted by molar-refractivity contribution is 6.66. The summed E-state index contributed by atoms with van der Waals surface area (Å²) in [6, 6.07) is 75.3. The first kappa shape index (κ1) is 107. The number of halogens is 4. The van der Waals surface area contributed by atoms with Crippen LogP contribution in [0.1, 0.15) is 181 Å². The second-order valence-electron chi connectivity index (χ2n) is 33.3. The van der Waals surface area contributed by atoms with E-state index < -0.39 is 40.1 Å². The summed E-state index contributed by atoms with van der Waals surface area (Å²) < 4.78 is 41.5. The summed E-state index contributed by atoms with van der Waals surface area (Å²) >= 11 is 9.34. The van der Waals surface area contributed by atoms with Crippen molar-refractivity contribution in [3.8, 4) is 68.7 Å². The zero-order valence-electron chi connectivity index (χ0n) is 76.9. The molecule has 8 aromatic carbocycles. The van der Waals surface area contributed by atoms with Gasteiger partial charge in [0.25, 0.3) is 17.7 Å². The molecule has 0 spiro atoms. The Labute approximate surface area is 813 Å². The molecule has 0 unspecified atom stereocenters. The summed E-state index contributed by atoms with van der Waals surface area (Å²) in [6.45, 7) is 23.2. The van der Waals surface area contributed by atoms with Gasteiger partial charge in [-0.15, -0.1) is 36.4 Å². The highest BCUT2D eigenvalue weighted by Gasteiger charge is 2.34. The van der Waals surface area contributed by atoms with Crippen molar-refractivity contribution in [1.29, 1.82) is 0 Å². The molecule has 0 radical (unpaired) electrons. The van der Waals surface area contributed by atoms with Crippen LogP contribution in [0.2, 0.25) is 0 Å². The molecule has 4 aromatic heterocycles. The molecular formula is C101H116Cl4N16O15. The van der Waals surface area contributed by atoms with Crippen LogP contribution in [0, 0.1) is 0 Å². The van der Waals surface area contributed by atoms with Crippen LogP contribution in [0.5, 0.6) is 46.0 Å². The lowest BCUT2D eigenvalue weighted by Gasteiger charge is -2.33. The van der Waals surface area contributed by atoms with Crippen molar-refractivity contribution in [1.82, 2.24) is 65.3 Å². The number of nitrogens with one attached hydrogen (secondary N) is 1. The number of hydrogen-bond acceptors (Lipinski definition) is 20. The third-order valence-corrected chi connectivity index (χ3v) is 21.8. The Morgan fingerprint density at radius 1 is 0.368 bits per heavy atom. The summed E-state index contributed by atoms with van der Waals surface area (Å²) in [5.74, 6) is 3.79. The van der Waals surface area contributed by atoms with E-state index in [4.69, 9.17) is 57.2 Å². The Morgan fingerprint density at radius 3 is 0.809 bits per heavy atom. The SMILES string of the molecule is C=CC(=O)Cl.C=CC(=O)N1CCC(c2cc(C(N)=O)nn2-c2ccc(Oc3ccccc3)cc2)CC1.CC(C)(C)OC(=O)N1CCC(c2cc(C(=O)O)nn2-c2ccc(Oc3ccccc3)cc2)CC1.CC(C)(C)OC(=O)N1CCC(c2cc(C(N)=O)nn2-c2ccc(Oc3ccccc3)cc2)CC1.CCl.Cl.Cl.N.NC(=O)c1cc(C2CCNCC2)n(-c2ccc(Oc3ccccc3)cc2)n1. The molecule has 0 atom stereocenters. The average Bonchev–Trinajstić information content (AvgIpc) is 1.65. The van der Waals surface area contributed by atoms with Gasteiger partial charge >= 0.3 is 18.2 Å². The van der Waals surface area contributed by atoms with Gasteiger partial charge < -0.3 is 76.9 Å². The summed E-state index contributed by atoms with van der Waals surface area (Å²) in [5.41, 5.74) is 23.1. The second-order valence-corrected chi connectivity index (χ2v) is 33.7. The Kier molecular flexibility index (Phi) is 40.5. The van der Waals surface area contributed by atoms with Crippen LogP contribution in [-0.2, 0) is 19.1 Å². The fourth-order valence-electron chi connectivity index (χ4n) is 15.2. The maximum absolute atomic E-state index is 12.4. The fraction of sp³-hybridized carbons (Fsp3) is 0.287. The number of primary amides is 3. The topological polar surface area (TPSA) is 418 Å². The zero-order chi connectivity index (χ0) is 95.3. The van der Waals surface area contributed by atoms with Gasteiger partial charge in [0.1, 0.15) is 57.2 Å². The number of carbonyl (C=O) groups excluding carboxylic acids is 7. The van der Waals surface area contributed by atoms with Crippen LogP contribution in [0.4, 0.5) is 9.59 Å². The van der Waals surface area contributed by atoms with E-state index in [1.165, 1.54) is 12.5 Å². The van der Waals surface area contributed by atoms with Crippen molar-refractivity contribution in [3.63, 3.8) is 0 Å². The van der Waals surface area contributed by atoms with E-state index in [0.717, 1.165) is 132 Å². The standard InChI is InChI=1S/C26H30N4O4.C26H29N3O5.C24H24N4O3.C21H22N4O2.C3H3ClO.CH3Cl.2ClH.H3N/c1-26(2,3)34-25(32)29-15-13-18(14-16-29)23-17-22(24(27)31)28-30(23)19-9-11-21(12-10-19)33-20-7-5-4-6-8-20;1-26(2,3)34-25(32)28-15-13-18(14-16-28)23-17-22(24(30)31)27-29(23)19-9-11-21(12-10-19)33-20-7-5-4-6-8-20;1-2-23(29)27-14-12-17(13-15-27)22-16-21(24(25)30)26-28(22)18-8-10-20(11-9-18)31-19-6-4-3-5-7-19;22-21(26)19-14-20(15-10-12-23-13-11-15)25(24-19)16-6-8-18(9-7-16)27-17-4-2-1-3-5-17;1-2-3(4)5;1-2;;;/h4-12,17-18H,13-16H2,1-3H3,(H2,27,31);4-12,17-18H,13-16H2,1-3H3,(H,30,31);2-11,16-17H,1,12-15H2,(H2,25,30);1-9,14-15,23H,10-13H2,(H2,22,26);2H,1H2;1H3;2*1H;1H3. The molecule has 11 N–H and O–H groups in total. The van der Waals surface area contributed by atoms with E-state index in [9.17, 15) is 43.5 Å². The molecule has 0 aliphatic carbocycles. The Bertz CT molecular complexity index is 5700. The zero-order valence-corrected chi connectivity index (χ0v) is 80.0. The number of carbonyl (C=O) groups is 8. The summed E-state index contributed by atoms with van der Waals surface area (Å²) in [5, 5.41) is 30.1. The summed E-state index contributed by atoms with van der Waals surface area (Å²) in [6.07, 6.45) is 9.67. The molecule has 16 rings (SSSR count). The number of likely N-dealkylation sites (tertiary alicyclic amines) is 3. The number of hydrogen-bond donors (Lipinski definition) is 6. The molecule has 136 heavy (non-hydrogen) atoms. The van der Waals surface area contributed by atoms with E-state index in [1.807, 2.05) is 271 Å². The molecule has 35 heteroatoms. The Hall–Kier alpha value is -14.1. The molecule has 31 nitrogen and oxygen atoms in total. The highest BCUT2D eigenvalue weighted by atomic mass is 35.5. The Morgan fingerprint density at radius 2 is 0.588 bits per heavy atom. The minimum absolute atomic E-state index is 0. The molecule has 8 heterocycles. The third-order valence-electron chi connectivity index (χ3n) is 21.6. The number of nitrogens with two attached hydrogens (primary N) is 3. The number of alkyl halides is 1. The molecule has 0 saturated carbocycles. The van der Waals surface area contributed by atoms with Gasteiger partial charge in [0.2, 0.25) is 11.1 Å². The van der Waals surface area contributed by atoms with Crippen molar-refractivity contribution >= 4 is 95.0 Å². The van der Waals surface area contributed by atoms with Gasteiger partial charge in [0, 0.05) is 92.1 Å². The first-order chi connectivity index (χ1) is 63.9. The van der Waals surface area contributed by atoms with Crippen LogP contribution >= 0.6 is 48.0 Å². The molecule has 4 fully saturated rings. The largest absolute Gasteiger partial charge is 0.476 e. The van der Waals surface area contributed by atoms with Crippen molar-refractivity contribution < 1.29 is 71.9 Å². The van der Waals surface area contributed by atoms with Gasteiger partial charge in [-0.3, -0.25) is 24.0 Å². The molecule has 12 aromatic rings. The maximum atomic E-state index is 12.4. The quantitative estimate of drug-likeness (QED) is 0.0208. The number of aromatic nitrogens is 8. The lowest BCUT2D eigenvalue weighted by molar-refractivity contribution is -0.127. The van der Waals surface area contributed by atoms with Crippen molar-refractivity contribution in [2.45, 2.75) is 128 Å². The summed E-state index contributed by atoms with van der Waals surface area (Å²) in [7, 11) is 0. The number of carboxylic acids is 1. The minimum Gasteiger partial charge on any atom is -0.476 e. The van der Waals surface area contributed by atoms with Crippen molar-refractivity contribution in [2.24, 2.45) is 17.2 Å². The van der Waals surface area contributed by atoms with E-state index >= 15 is 0 Å². The first-order valence-electron chi connectivity index (χ1n) is 43.5. The number of piperidine rings is 4. The third kappa shape index (κ3) is 31.0. The van der Waals surface area contributed by atoms with Gasteiger partial charge in [-0.1, -0.05) is 86.0 Å². The molecule has 718 valence electrons. The van der Waals surface area contributed by atoms with Crippen LogP contribution in [0.25, 0.3) is 22.7 Å². The van der Waals surface area contributed by atoms with E-state index in [0.29, 0.717) is 81.0 Å². The van der Waals surface area contributed by atoms with Gasteiger partial charge in [-0.2, -0.15) is 20.4 Å². The average molecular weight is 1940 g/mol. The van der Waals surface area contributed by atoms with Gasteiger partial charge in [0.05, 0.1) is 22.7 Å². The smallest absolute Gasteiger partial charge is 0.410 e. The second kappa shape index (κ2) is 51.4. The lowest BCUT2D eigenvalue weighted by atomic mass is 9.93.